The van der Waals surface area contributed by atoms with Crippen molar-refractivity contribution in [2.45, 2.75) is 59.0 Å². The predicted octanol–water partition coefficient (Wildman–Crippen LogP) is 5.03. The maximum atomic E-state index is 12.5. The van der Waals surface area contributed by atoms with Crippen LogP contribution in [-0.2, 0) is 6.42 Å². The number of rotatable bonds is 7. The van der Waals surface area contributed by atoms with Gasteiger partial charge in [-0.1, -0.05) is 44.5 Å². The van der Waals surface area contributed by atoms with Crippen molar-refractivity contribution >= 4 is 17.5 Å². The standard InChI is InChI=1S/C30H35ClN6O2/c1-29(2)26(30(3,4)28(29)39-22-7-5-19(16-32)25(31)15-22)24-14-21(6-8-23(24)27(33)38)37-17-20(35-36-37)13-18-9-11-34-12-10-18/h5-8,14-15,17-18,26,28,34H,9-13H2,1-4H3,(H2,33,38). The van der Waals surface area contributed by atoms with Gasteiger partial charge in [0.05, 0.1) is 28.2 Å². The number of amides is 1. The summed E-state index contributed by atoms with van der Waals surface area (Å²) in [6.07, 6.45) is 5.02. The Morgan fingerprint density at radius 1 is 1.18 bits per heavy atom. The highest BCUT2D eigenvalue weighted by molar-refractivity contribution is 6.31. The fourth-order valence-corrected chi connectivity index (χ4v) is 7.29. The zero-order valence-electron chi connectivity index (χ0n) is 22.9. The second kappa shape index (κ2) is 10.3. The first-order chi connectivity index (χ1) is 18.5. The Bertz CT molecular complexity index is 1420. The highest BCUT2D eigenvalue weighted by atomic mass is 35.5. The molecule has 0 atom stereocenters. The van der Waals surface area contributed by atoms with Crippen molar-refractivity contribution in [3.05, 3.63) is 70.0 Å². The van der Waals surface area contributed by atoms with Crippen molar-refractivity contribution in [1.82, 2.24) is 20.3 Å². The van der Waals surface area contributed by atoms with Crippen LogP contribution >= 0.6 is 11.6 Å². The van der Waals surface area contributed by atoms with Crippen LogP contribution in [0.15, 0.2) is 42.6 Å². The molecule has 1 saturated heterocycles. The summed E-state index contributed by atoms with van der Waals surface area (Å²) in [5, 5.41) is 21.8. The van der Waals surface area contributed by atoms with E-state index >= 15 is 0 Å². The van der Waals surface area contributed by atoms with Crippen molar-refractivity contribution in [1.29, 1.82) is 5.26 Å². The Morgan fingerprint density at radius 3 is 2.54 bits per heavy atom. The number of carbonyl (C=O) groups excluding carboxylic acids is 1. The molecule has 204 valence electrons. The lowest BCUT2D eigenvalue weighted by Gasteiger charge is -2.63. The monoisotopic (exact) mass is 546 g/mol. The molecule has 8 nitrogen and oxygen atoms in total. The van der Waals surface area contributed by atoms with Crippen LogP contribution in [-0.4, -0.2) is 40.1 Å². The van der Waals surface area contributed by atoms with Gasteiger partial charge >= 0.3 is 0 Å². The lowest BCUT2D eigenvalue weighted by atomic mass is 9.43. The highest BCUT2D eigenvalue weighted by Crippen LogP contribution is 2.65. The molecular formula is C30H35ClN6O2. The van der Waals surface area contributed by atoms with Gasteiger partial charge in [-0.05, 0) is 74.2 Å². The quantitative estimate of drug-likeness (QED) is 0.429. The van der Waals surface area contributed by atoms with E-state index in [1.807, 2.05) is 18.3 Å². The maximum absolute atomic E-state index is 12.5. The summed E-state index contributed by atoms with van der Waals surface area (Å²) >= 11 is 6.26. The number of hydrogen-bond acceptors (Lipinski definition) is 6. The van der Waals surface area contributed by atoms with Crippen molar-refractivity contribution in [2.75, 3.05) is 13.1 Å². The third-order valence-corrected chi connectivity index (χ3v) is 8.84. The summed E-state index contributed by atoms with van der Waals surface area (Å²) in [6.45, 7) is 10.7. The molecule has 2 aromatic carbocycles. The van der Waals surface area contributed by atoms with Gasteiger partial charge < -0.3 is 15.8 Å². The molecule has 3 N–H and O–H groups in total. The fourth-order valence-electron chi connectivity index (χ4n) is 7.08. The summed E-state index contributed by atoms with van der Waals surface area (Å²) < 4.78 is 8.25. The lowest BCUT2D eigenvalue weighted by molar-refractivity contribution is -0.160. The second-order valence-corrected chi connectivity index (χ2v) is 12.4. The van der Waals surface area contributed by atoms with Crippen molar-refractivity contribution in [3.63, 3.8) is 0 Å². The summed E-state index contributed by atoms with van der Waals surface area (Å²) in [6, 6.07) is 12.9. The third-order valence-electron chi connectivity index (χ3n) is 8.53. The molecule has 9 heteroatoms. The molecular weight excluding hydrogens is 512 g/mol. The van der Waals surface area contributed by atoms with Crippen molar-refractivity contribution < 1.29 is 9.53 Å². The van der Waals surface area contributed by atoms with E-state index in [1.54, 1.807) is 28.9 Å². The molecule has 5 rings (SSSR count). The number of benzene rings is 2. The van der Waals surface area contributed by atoms with E-state index in [2.05, 4.69) is 49.4 Å². The Hall–Kier alpha value is -3.41. The number of nitriles is 1. The predicted molar refractivity (Wildman–Crippen MR) is 150 cm³/mol. The van der Waals surface area contributed by atoms with Gasteiger partial charge in [-0.2, -0.15) is 5.26 Å². The average Bonchev–Trinajstić information content (AvgIpc) is 3.36. The number of aromatic nitrogens is 3. The number of carbonyl (C=O) groups is 1. The molecule has 1 aliphatic carbocycles. The van der Waals surface area contributed by atoms with E-state index in [1.165, 1.54) is 0 Å². The number of primary amides is 1. The lowest BCUT2D eigenvalue weighted by Crippen LogP contribution is -2.64. The number of hydrogen-bond donors (Lipinski definition) is 2. The summed E-state index contributed by atoms with van der Waals surface area (Å²) in [7, 11) is 0. The van der Waals surface area contributed by atoms with Gasteiger partial charge in [0.25, 0.3) is 0 Å². The van der Waals surface area contributed by atoms with Crippen LogP contribution in [0.5, 0.6) is 5.75 Å². The fraction of sp³-hybridized carbons (Fsp3) is 0.467. The molecule has 1 amide bonds. The molecule has 2 fully saturated rings. The van der Waals surface area contributed by atoms with Crippen LogP contribution in [0.4, 0.5) is 0 Å². The van der Waals surface area contributed by atoms with E-state index < -0.39 is 5.91 Å². The SMILES string of the molecule is CC1(C)C(Oc2ccc(C#N)c(Cl)c2)C(C)(C)C1c1cc(-n2cc(CC3CCNCC3)nn2)ccc1C(N)=O. The van der Waals surface area contributed by atoms with Crippen LogP contribution in [0.1, 0.15) is 73.6 Å². The number of piperidine rings is 1. The molecule has 3 aromatic rings. The molecule has 0 spiro atoms. The second-order valence-electron chi connectivity index (χ2n) is 12.0. The van der Waals surface area contributed by atoms with Gasteiger partial charge in [-0.3, -0.25) is 4.79 Å². The summed E-state index contributed by atoms with van der Waals surface area (Å²) in [4.78, 5) is 12.5. The first-order valence-electron chi connectivity index (χ1n) is 13.4. The zero-order chi connectivity index (χ0) is 27.9. The Balaban J connectivity index is 1.44. The minimum absolute atomic E-state index is 0.0240. The zero-order valence-corrected chi connectivity index (χ0v) is 23.6. The van der Waals surface area contributed by atoms with Crippen LogP contribution < -0.4 is 15.8 Å². The van der Waals surface area contributed by atoms with E-state index in [-0.39, 0.29) is 22.9 Å². The number of nitrogens with two attached hydrogens (primary N) is 1. The first kappa shape index (κ1) is 27.2. The minimum Gasteiger partial charge on any atom is -0.489 e. The maximum Gasteiger partial charge on any atom is 0.248 e. The normalized spacial score (nSPS) is 22.1. The van der Waals surface area contributed by atoms with Crippen LogP contribution in [0.25, 0.3) is 5.69 Å². The van der Waals surface area contributed by atoms with Gasteiger partial charge in [0, 0.05) is 28.4 Å². The minimum atomic E-state index is -0.462. The van der Waals surface area contributed by atoms with Gasteiger partial charge in [0.2, 0.25) is 5.91 Å². The Kier molecular flexibility index (Phi) is 7.17. The first-order valence-corrected chi connectivity index (χ1v) is 13.8. The topological polar surface area (TPSA) is 119 Å². The van der Waals surface area contributed by atoms with Gasteiger partial charge in [0.15, 0.2) is 0 Å². The largest absolute Gasteiger partial charge is 0.489 e. The van der Waals surface area contributed by atoms with E-state index in [0.29, 0.717) is 27.8 Å². The van der Waals surface area contributed by atoms with Crippen LogP contribution in [0.2, 0.25) is 5.02 Å². The summed E-state index contributed by atoms with van der Waals surface area (Å²) in [5.41, 5.74) is 8.78. The van der Waals surface area contributed by atoms with E-state index in [9.17, 15) is 10.1 Å². The van der Waals surface area contributed by atoms with Gasteiger partial charge in [0.1, 0.15) is 17.9 Å². The van der Waals surface area contributed by atoms with Gasteiger partial charge in [-0.25, -0.2) is 4.68 Å². The van der Waals surface area contributed by atoms with Gasteiger partial charge in [-0.15, -0.1) is 5.10 Å². The molecule has 2 heterocycles. The third kappa shape index (κ3) is 5.02. The smallest absolute Gasteiger partial charge is 0.248 e. The van der Waals surface area contributed by atoms with Crippen molar-refractivity contribution in [2.24, 2.45) is 22.5 Å². The summed E-state index contributed by atoms with van der Waals surface area (Å²) in [5.74, 6) is 0.737. The number of ether oxygens (including phenoxy) is 1. The van der Waals surface area contributed by atoms with Crippen LogP contribution in [0, 0.1) is 28.1 Å². The molecule has 0 unspecified atom stereocenters. The van der Waals surface area contributed by atoms with Crippen LogP contribution in [0.3, 0.4) is 0 Å². The number of halogens is 1. The molecule has 1 aliphatic heterocycles. The van der Waals surface area contributed by atoms with E-state index in [0.717, 1.165) is 49.3 Å². The molecule has 2 aliphatic rings. The Labute approximate surface area is 234 Å². The van der Waals surface area contributed by atoms with Crippen molar-refractivity contribution in [3.8, 4) is 17.5 Å². The number of nitrogens with zero attached hydrogens (tertiary/aromatic N) is 4. The molecule has 39 heavy (non-hydrogen) atoms. The molecule has 1 saturated carbocycles. The highest BCUT2D eigenvalue weighted by Gasteiger charge is 2.64. The van der Waals surface area contributed by atoms with E-state index in [4.69, 9.17) is 22.1 Å². The Morgan fingerprint density at radius 2 is 1.90 bits per heavy atom. The molecule has 1 aromatic heterocycles. The number of nitrogens with one attached hydrogen (secondary N) is 1. The average molecular weight is 547 g/mol. The molecule has 0 bridgehead atoms. The molecule has 0 radical (unpaired) electrons.